The topological polar surface area (TPSA) is 145 Å². The van der Waals surface area contributed by atoms with Crippen LogP contribution >= 0.6 is 0 Å². The summed E-state index contributed by atoms with van der Waals surface area (Å²) in [5.41, 5.74) is 0.369. The molecule has 9 heteroatoms. The van der Waals surface area contributed by atoms with Gasteiger partial charge in [0.2, 0.25) is 5.91 Å². The van der Waals surface area contributed by atoms with Crippen molar-refractivity contribution in [2.45, 2.75) is 79.5 Å². The van der Waals surface area contributed by atoms with Crippen LogP contribution in [-0.2, 0) is 9.59 Å². The second kappa shape index (κ2) is 14.6. The molecule has 0 aliphatic heterocycles. The van der Waals surface area contributed by atoms with Gasteiger partial charge in [-0.15, -0.1) is 0 Å². The molecule has 0 aromatic heterocycles. The Bertz CT molecular complexity index is 899. The molecule has 1 aromatic carbocycles. The molecule has 36 heavy (non-hydrogen) atoms. The molecule has 4 atom stereocenters. The fourth-order valence-corrected chi connectivity index (χ4v) is 3.72. The van der Waals surface area contributed by atoms with E-state index < -0.39 is 41.9 Å². The number of carboxylic acid groups (broad SMARTS) is 1. The minimum absolute atomic E-state index is 0.142. The van der Waals surface area contributed by atoms with Crippen molar-refractivity contribution < 1.29 is 29.4 Å². The molecular formula is C27H43N3O6. The van der Waals surface area contributed by atoms with Crippen LogP contribution in [0.25, 0.3) is 0 Å². The molecule has 0 aliphatic carbocycles. The number of rotatable bonds is 14. The van der Waals surface area contributed by atoms with Crippen molar-refractivity contribution >= 4 is 23.7 Å². The van der Waals surface area contributed by atoms with Crippen LogP contribution in [-0.4, -0.2) is 58.6 Å². The van der Waals surface area contributed by atoms with Crippen LogP contribution in [0.4, 0.5) is 0 Å². The Morgan fingerprint density at radius 2 is 1.39 bits per heavy atom. The van der Waals surface area contributed by atoms with Gasteiger partial charge in [-0.05, 0) is 48.8 Å². The highest BCUT2D eigenvalue weighted by Gasteiger charge is 2.28. The van der Waals surface area contributed by atoms with Gasteiger partial charge in [0, 0.05) is 23.6 Å². The summed E-state index contributed by atoms with van der Waals surface area (Å²) in [4.78, 5) is 49.4. The Morgan fingerprint density at radius 3 is 1.86 bits per heavy atom. The Balaban J connectivity index is 2.95. The lowest BCUT2D eigenvalue weighted by molar-refractivity contribution is -0.140. The smallest absolute Gasteiger partial charge is 0.326 e. The third kappa shape index (κ3) is 10.4. The molecule has 0 radical (unpaired) electrons. The predicted octanol–water partition coefficient (Wildman–Crippen LogP) is 2.83. The fraction of sp³-hybridized carbons (Fsp3) is 0.630. The van der Waals surface area contributed by atoms with E-state index in [-0.39, 0.29) is 35.3 Å². The fourth-order valence-electron chi connectivity index (χ4n) is 3.72. The summed E-state index contributed by atoms with van der Waals surface area (Å²) in [5, 5.41) is 28.4. The maximum Gasteiger partial charge on any atom is 0.326 e. The van der Waals surface area contributed by atoms with Crippen LogP contribution in [0, 0.1) is 23.7 Å². The van der Waals surface area contributed by atoms with Gasteiger partial charge in [-0.1, -0.05) is 54.5 Å². The van der Waals surface area contributed by atoms with E-state index >= 15 is 0 Å². The maximum absolute atomic E-state index is 13.0. The van der Waals surface area contributed by atoms with E-state index in [1.807, 2.05) is 27.7 Å². The van der Waals surface area contributed by atoms with E-state index in [0.717, 1.165) is 0 Å². The summed E-state index contributed by atoms with van der Waals surface area (Å²) in [6.45, 7) is 13.6. The van der Waals surface area contributed by atoms with Crippen molar-refractivity contribution in [2.75, 3.05) is 6.54 Å². The monoisotopic (exact) mass is 505 g/mol. The first-order valence-electron chi connectivity index (χ1n) is 12.6. The number of hydrogen-bond acceptors (Lipinski definition) is 5. The lowest BCUT2D eigenvalue weighted by Crippen LogP contribution is -2.46. The minimum Gasteiger partial charge on any atom is -0.480 e. The molecular weight excluding hydrogens is 462 g/mol. The second-order valence-electron chi connectivity index (χ2n) is 10.7. The molecule has 0 saturated carbocycles. The molecule has 5 N–H and O–H groups in total. The van der Waals surface area contributed by atoms with Crippen molar-refractivity contribution in [1.29, 1.82) is 0 Å². The number of amides is 3. The standard InChI is InChI=1S/C27H43N3O6/c1-15(2)11-21(22(31)12-18(7)24(32)28-14-16(3)4)29-25(33)19-9-8-10-20(13-19)26(34)30-23(17(5)6)27(35)36/h8-10,13,15-18,21-23,31H,11-12,14H2,1-7H3,(H,28,32)(H,29,33)(H,30,34)(H,35,36)/t18-,21+,22?,23+/m1/s1. The van der Waals surface area contributed by atoms with Crippen molar-refractivity contribution in [3.63, 3.8) is 0 Å². The third-order valence-corrected chi connectivity index (χ3v) is 5.84. The molecule has 0 saturated heterocycles. The summed E-state index contributed by atoms with van der Waals surface area (Å²) < 4.78 is 0. The molecule has 0 heterocycles. The number of hydrogen-bond donors (Lipinski definition) is 5. The largest absolute Gasteiger partial charge is 0.480 e. The lowest BCUT2D eigenvalue weighted by Gasteiger charge is -2.27. The minimum atomic E-state index is -1.13. The van der Waals surface area contributed by atoms with E-state index in [2.05, 4.69) is 16.0 Å². The Kier molecular flexibility index (Phi) is 12.6. The van der Waals surface area contributed by atoms with Crippen LogP contribution in [0.3, 0.4) is 0 Å². The highest BCUT2D eigenvalue weighted by molar-refractivity contribution is 6.00. The van der Waals surface area contributed by atoms with Crippen LogP contribution in [0.5, 0.6) is 0 Å². The zero-order valence-electron chi connectivity index (χ0n) is 22.5. The van der Waals surface area contributed by atoms with Crippen LogP contribution in [0.1, 0.15) is 82.0 Å². The van der Waals surface area contributed by atoms with Gasteiger partial charge in [-0.3, -0.25) is 14.4 Å². The Hall–Kier alpha value is -2.94. The SMILES string of the molecule is CC(C)CNC(=O)[C@H](C)CC(O)[C@H](CC(C)C)NC(=O)c1cccc(C(=O)N[C@H](C(=O)O)C(C)C)c1. The Morgan fingerprint density at radius 1 is 0.833 bits per heavy atom. The van der Waals surface area contributed by atoms with Gasteiger partial charge in [0.1, 0.15) is 6.04 Å². The van der Waals surface area contributed by atoms with E-state index in [4.69, 9.17) is 0 Å². The molecule has 0 fully saturated rings. The van der Waals surface area contributed by atoms with Crippen molar-refractivity contribution in [3.05, 3.63) is 35.4 Å². The van der Waals surface area contributed by atoms with E-state index in [1.54, 1.807) is 32.9 Å². The highest BCUT2D eigenvalue weighted by atomic mass is 16.4. The molecule has 202 valence electrons. The number of benzene rings is 1. The molecule has 0 spiro atoms. The maximum atomic E-state index is 13.0. The predicted molar refractivity (Wildman–Crippen MR) is 139 cm³/mol. The molecule has 1 unspecified atom stereocenters. The number of carbonyl (C=O) groups excluding carboxylic acids is 3. The van der Waals surface area contributed by atoms with Gasteiger partial charge in [0.25, 0.3) is 11.8 Å². The van der Waals surface area contributed by atoms with Crippen LogP contribution < -0.4 is 16.0 Å². The third-order valence-electron chi connectivity index (χ3n) is 5.84. The number of aliphatic hydroxyl groups is 1. The van der Waals surface area contributed by atoms with Gasteiger partial charge in [-0.25, -0.2) is 4.79 Å². The summed E-state index contributed by atoms with van der Waals surface area (Å²) in [6, 6.07) is 4.34. The summed E-state index contributed by atoms with van der Waals surface area (Å²) in [6.07, 6.45) is -0.247. The summed E-state index contributed by atoms with van der Waals surface area (Å²) in [5.74, 6) is -2.59. The number of aliphatic carboxylic acids is 1. The molecule has 3 amide bonds. The average molecular weight is 506 g/mol. The molecule has 0 bridgehead atoms. The number of nitrogens with one attached hydrogen (secondary N) is 3. The first kappa shape index (κ1) is 31.1. The van der Waals surface area contributed by atoms with Crippen molar-refractivity contribution in [3.8, 4) is 0 Å². The number of carbonyl (C=O) groups is 4. The number of aliphatic hydroxyl groups excluding tert-OH is 1. The van der Waals surface area contributed by atoms with E-state index in [1.165, 1.54) is 12.1 Å². The molecule has 1 aromatic rings. The zero-order valence-corrected chi connectivity index (χ0v) is 22.5. The van der Waals surface area contributed by atoms with Gasteiger partial charge in [0.05, 0.1) is 12.1 Å². The van der Waals surface area contributed by atoms with Crippen LogP contribution in [0.2, 0.25) is 0 Å². The second-order valence-corrected chi connectivity index (χ2v) is 10.7. The lowest BCUT2D eigenvalue weighted by atomic mass is 9.92. The van der Waals surface area contributed by atoms with E-state index in [9.17, 15) is 29.4 Å². The zero-order chi connectivity index (χ0) is 27.6. The molecule has 9 nitrogen and oxygen atoms in total. The Labute approximate surface area is 214 Å². The van der Waals surface area contributed by atoms with Gasteiger partial charge in [0.15, 0.2) is 0 Å². The average Bonchev–Trinajstić information content (AvgIpc) is 2.79. The summed E-state index contributed by atoms with van der Waals surface area (Å²) >= 11 is 0. The normalized spacial score (nSPS) is 14.8. The van der Waals surface area contributed by atoms with Gasteiger partial charge < -0.3 is 26.2 Å². The highest BCUT2D eigenvalue weighted by Crippen LogP contribution is 2.17. The molecule has 0 aliphatic rings. The van der Waals surface area contributed by atoms with Crippen LogP contribution in [0.15, 0.2) is 24.3 Å². The quantitative estimate of drug-likeness (QED) is 0.263. The summed E-state index contributed by atoms with van der Waals surface area (Å²) in [7, 11) is 0. The first-order chi connectivity index (χ1) is 16.7. The van der Waals surface area contributed by atoms with E-state index in [0.29, 0.717) is 18.9 Å². The first-order valence-corrected chi connectivity index (χ1v) is 12.6. The van der Waals surface area contributed by atoms with Gasteiger partial charge >= 0.3 is 5.97 Å². The van der Waals surface area contributed by atoms with Crippen molar-refractivity contribution in [1.82, 2.24) is 16.0 Å². The number of carboxylic acids is 1. The van der Waals surface area contributed by atoms with Gasteiger partial charge in [-0.2, -0.15) is 0 Å². The van der Waals surface area contributed by atoms with Crippen molar-refractivity contribution in [2.24, 2.45) is 23.7 Å². The molecule has 1 rings (SSSR count).